The van der Waals surface area contributed by atoms with Gasteiger partial charge in [0.25, 0.3) is 0 Å². The highest BCUT2D eigenvalue weighted by molar-refractivity contribution is 5.66. The molecule has 0 aromatic rings. The van der Waals surface area contributed by atoms with Gasteiger partial charge in [0.15, 0.2) is 0 Å². The summed E-state index contributed by atoms with van der Waals surface area (Å²) in [5, 5.41) is 0.982. The first kappa shape index (κ1) is 11.2. The van der Waals surface area contributed by atoms with Gasteiger partial charge in [-0.3, -0.25) is 0 Å². The third-order valence-corrected chi connectivity index (χ3v) is 1.59. The number of hydrogen-bond acceptors (Lipinski definition) is 4. The summed E-state index contributed by atoms with van der Waals surface area (Å²) in [6.07, 6.45) is 3.59. The lowest BCUT2D eigenvalue weighted by atomic mass is 10.2. The molecule has 0 saturated heterocycles. The van der Waals surface area contributed by atoms with Gasteiger partial charge in [0.1, 0.15) is 0 Å². The Labute approximate surface area is 72.6 Å². The second kappa shape index (κ2) is 6.87. The SMILES string of the molecule is CCCCCCN(N)C(=O)ON. The molecule has 0 rings (SSSR count). The maximum atomic E-state index is 10.6. The van der Waals surface area contributed by atoms with Crippen molar-refractivity contribution >= 4 is 6.09 Å². The van der Waals surface area contributed by atoms with Crippen molar-refractivity contribution in [2.45, 2.75) is 32.6 Å². The average Bonchev–Trinajstić information content (AvgIpc) is 2.10. The zero-order valence-corrected chi connectivity index (χ0v) is 7.45. The molecule has 0 atom stereocenters. The molecule has 0 aromatic carbocycles. The van der Waals surface area contributed by atoms with Crippen LogP contribution in [-0.2, 0) is 4.84 Å². The van der Waals surface area contributed by atoms with Crippen molar-refractivity contribution in [3.63, 3.8) is 0 Å². The van der Waals surface area contributed by atoms with Gasteiger partial charge < -0.3 is 4.84 Å². The van der Waals surface area contributed by atoms with E-state index in [-0.39, 0.29) is 0 Å². The van der Waals surface area contributed by atoms with Crippen LogP contribution in [-0.4, -0.2) is 17.6 Å². The monoisotopic (exact) mass is 175 g/mol. The summed E-state index contributed by atoms with van der Waals surface area (Å²) in [5.74, 6) is 9.92. The maximum Gasteiger partial charge on any atom is 0.442 e. The second-order valence-electron chi connectivity index (χ2n) is 2.64. The van der Waals surface area contributed by atoms with Crippen molar-refractivity contribution in [3.05, 3.63) is 0 Å². The van der Waals surface area contributed by atoms with Gasteiger partial charge in [-0.05, 0) is 6.42 Å². The minimum Gasteiger partial charge on any atom is -0.356 e. The lowest BCUT2D eigenvalue weighted by Crippen LogP contribution is -2.39. The largest absolute Gasteiger partial charge is 0.442 e. The van der Waals surface area contributed by atoms with Crippen LogP contribution in [0.15, 0.2) is 0 Å². The van der Waals surface area contributed by atoms with E-state index in [0.29, 0.717) is 6.54 Å². The number of nitrogens with two attached hydrogens (primary N) is 2. The summed E-state index contributed by atoms with van der Waals surface area (Å²) in [6.45, 7) is 2.62. The van der Waals surface area contributed by atoms with Gasteiger partial charge in [-0.25, -0.2) is 15.6 Å². The van der Waals surface area contributed by atoms with E-state index >= 15 is 0 Å². The first-order valence-electron chi connectivity index (χ1n) is 4.15. The molecule has 1 amide bonds. The van der Waals surface area contributed by atoms with Crippen LogP contribution in [0, 0.1) is 0 Å². The highest BCUT2D eigenvalue weighted by Gasteiger charge is 2.07. The van der Waals surface area contributed by atoms with Crippen LogP contribution in [0.1, 0.15) is 32.6 Å². The van der Waals surface area contributed by atoms with Gasteiger partial charge in [-0.15, -0.1) is 0 Å². The predicted molar refractivity (Wildman–Crippen MR) is 45.7 cm³/mol. The quantitative estimate of drug-likeness (QED) is 0.279. The molecule has 0 radical (unpaired) electrons. The Bertz CT molecular complexity index is 130. The van der Waals surface area contributed by atoms with Crippen molar-refractivity contribution < 1.29 is 9.63 Å². The normalized spacial score (nSPS) is 9.58. The summed E-state index contributed by atoms with van der Waals surface area (Å²) in [7, 11) is 0. The zero-order valence-electron chi connectivity index (χ0n) is 7.45. The molecule has 5 heteroatoms. The highest BCUT2D eigenvalue weighted by atomic mass is 16.7. The lowest BCUT2D eigenvalue weighted by molar-refractivity contribution is 0.102. The fourth-order valence-electron chi connectivity index (χ4n) is 0.868. The minimum atomic E-state index is -0.688. The van der Waals surface area contributed by atoms with Crippen molar-refractivity contribution in [3.8, 4) is 0 Å². The van der Waals surface area contributed by atoms with Crippen molar-refractivity contribution in [1.29, 1.82) is 0 Å². The van der Waals surface area contributed by atoms with Crippen LogP contribution >= 0.6 is 0 Å². The molecule has 0 aliphatic carbocycles. The van der Waals surface area contributed by atoms with Gasteiger partial charge in [0, 0.05) is 6.54 Å². The number of carbonyl (C=O) groups excluding carboxylic acids is 1. The first-order chi connectivity index (χ1) is 5.72. The van der Waals surface area contributed by atoms with Gasteiger partial charge in [0.05, 0.1) is 0 Å². The third kappa shape index (κ3) is 4.92. The molecule has 0 aromatic heterocycles. The fourth-order valence-corrected chi connectivity index (χ4v) is 0.868. The van der Waals surface area contributed by atoms with Crippen LogP contribution < -0.4 is 11.7 Å². The number of unbranched alkanes of at least 4 members (excludes halogenated alkanes) is 3. The van der Waals surface area contributed by atoms with Gasteiger partial charge in [-0.1, -0.05) is 26.2 Å². The Morgan fingerprint density at radius 1 is 1.42 bits per heavy atom. The molecule has 72 valence electrons. The molecule has 0 saturated carbocycles. The molecule has 0 heterocycles. The highest BCUT2D eigenvalue weighted by Crippen LogP contribution is 1.99. The van der Waals surface area contributed by atoms with Crippen molar-refractivity contribution in [2.75, 3.05) is 6.54 Å². The van der Waals surface area contributed by atoms with E-state index in [1.165, 1.54) is 0 Å². The van der Waals surface area contributed by atoms with Gasteiger partial charge in [0.2, 0.25) is 0 Å². The zero-order chi connectivity index (χ0) is 9.40. The molecule has 0 unspecified atom stereocenters. The molecular formula is C7H17N3O2. The van der Waals surface area contributed by atoms with E-state index in [2.05, 4.69) is 17.7 Å². The van der Waals surface area contributed by atoms with Crippen LogP contribution in [0.2, 0.25) is 0 Å². The van der Waals surface area contributed by atoms with E-state index in [4.69, 9.17) is 5.84 Å². The van der Waals surface area contributed by atoms with E-state index in [0.717, 1.165) is 30.7 Å². The van der Waals surface area contributed by atoms with E-state index < -0.39 is 6.09 Å². The second-order valence-corrected chi connectivity index (χ2v) is 2.64. The number of hydrazine groups is 1. The van der Waals surface area contributed by atoms with Crippen molar-refractivity contribution in [2.24, 2.45) is 11.7 Å². The van der Waals surface area contributed by atoms with Gasteiger partial charge in [-0.2, -0.15) is 5.90 Å². The van der Waals surface area contributed by atoms with E-state index in [9.17, 15) is 4.79 Å². The molecule has 0 aliphatic rings. The molecule has 4 N–H and O–H groups in total. The Morgan fingerprint density at radius 2 is 2.08 bits per heavy atom. The smallest absolute Gasteiger partial charge is 0.356 e. The first-order valence-corrected chi connectivity index (χ1v) is 4.15. The summed E-state index contributed by atoms with van der Waals surface area (Å²) < 4.78 is 0. The van der Waals surface area contributed by atoms with Crippen molar-refractivity contribution in [1.82, 2.24) is 5.01 Å². The Morgan fingerprint density at radius 3 is 2.58 bits per heavy atom. The summed E-state index contributed by atoms with van der Waals surface area (Å²) in [4.78, 5) is 14.6. The standard InChI is InChI=1S/C7H17N3O2/c1-2-3-4-5-6-10(8)7(11)12-9/h2-6,8-9H2,1H3. The number of carbonyl (C=O) groups is 1. The molecule has 12 heavy (non-hydrogen) atoms. The van der Waals surface area contributed by atoms with Crippen LogP contribution in [0.25, 0.3) is 0 Å². The molecule has 0 spiro atoms. The minimum absolute atomic E-state index is 0.496. The molecule has 0 fully saturated rings. The predicted octanol–water partition coefficient (Wildman–Crippen LogP) is 0.753. The summed E-state index contributed by atoms with van der Waals surface area (Å²) >= 11 is 0. The summed E-state index contributed by atoms with van der Waals surface area (Å²) in [5.41, 5.74) is 0. The number of hydrogen-bond donors (Lipinski definition) is 2. The molecule has 5 nitrogen and oxygen atoms in total. The number of rotatable bonds is 5. The van der Waals surface area contributed by atoms with Crippen LogP contribution in [0.5, 0.6) is 0 Å². The average molecular weight is 175 g/mol. The topological polar surface area (TPSA) is 81.6 Å². The summed E-state index contributed by atoms with van der Waals surface area (Å²) in [6, 6.07) is 0. The Kier molecular flexibility index (Phi) is 6.41. The fraction of sp³-hybridized carbons (Fsp3) is 0.857. The molecular weight excluding hydrogens is 158 g/mol. The van der Waals surface area contributed by atoms with E-state index in [1.54, 1.807) is 0 Å². The third-order valence-electron chi connectivity index (χ3n) is 1.59. The Balaban J connectivity index is 3.31. The molecule has 0 aliphatic heterocycles. The van der Waals surface area contributed by atoms with Crippen LogP contribution in [0.3, 0.4) is 0 Å². The Hall–Kier alpha value is -0.810. The van der Waals surface area contributed by atoms with Gasteiger partial charge >= 0.3 is 6.09 Å². The number of amides is 1. The van der Waals surface area contributed by atoms with E-state index in [1.807, 2.05) is 0 Å². The number of nitrogens with zero attached hydrogens (tertiary/aromatic N) is 1. The maximum absolute atomic E-state index is 10.6. The molecule has 0 bridgehead atoms. The lowest BCUT2D eigenvalue weighted by Gasteiger charge is -2.13. The van der Waals surface area contributed by atoms with Crippen LogP contribution in [0.4, 0.5) is 4.79 Å².